The molecular formula is C14H15NO5S2. The lowest BCUT2D eigenvalue weighted by atomic mass is 10.2. The molecule has 0 fully saturated rings. The molecular weight excluding hydrogens is 326 g/mol. The summed E-state index contributed by atoms with van der Waals surface area (Å²) in [6.07, 6.45) is 0. The fourth-order valence-corrected chi connectivity index (χ4v) is 4.37. The van der Waals surface area contributed by atoms with E-state index in [-0.39, 0.29) is 21.2 Å². The average Bonchev–Trinajstić information content (AvgIpc) is 2.79. The Kier molecular flexibility index (Phi) is 4.43. The molecule has 0 aliphatic carbocycles. The summed E-state index contributed by atoms with van der Waals surface area (Å²) in [5, 5.41) is 9.01. The van der Waals surface area contributed by atoms with Crippen LogP contribution in [0.15, 0.2) is 28.5 Å². The first-order valence-electron chi connectivity index (χ1n) is 6.26. The number of aromatic carboxylic acids is 1. The number of nitrogens with one attached hydrogen (secondary N) is 1. The minimum atomic E-state index is -3.79. The Bertz CT molecular complexity index is 804. The second-order valence-electron chi connectivity index (χ2n) is 4.63. The number of hydrogen-bond donors (Lipinski definition) is 2. The van der Waals surface area contributed by atoms with Gasteiger partial charge in [-0.25, -0.2) is 13.2 Å². The van der Waals surface area contributed by atoms with Gasteiger partial charge < -0.3 is 9.84 Å². The van der Waals surface area contributed by atoms with Gasteiger partial charge in [-0.3, -0.25) is 4.72 Å². The molecule has 1 aromatic carbocycles. The number of carboxylic acid groups (broad SMARTS) is 1. The number of benzene rings is 1. The molecule has 0 saturated carbocycles. The maximum atomic E-state index is 12.4. The molecule has 118 valence electrons. The van der Waals surface area contributed by atoms with Crippen molar-refractivity contribution in [2.24, 2.45) is 0 Å². The lowest BCUT2D eigenvalue weighted by Crippen LogP contribution is -2.13. The SMILES string of the molecule is COc1ccc(C(=O)O)cc1NS(=O)(=O)c1cc(C)c(C)s1. The minimum absolute atomic E-state index is 0.0305. The first kappa shape index (κ1) is 16.3. The molecule has 0 amide bonds. The number of methoxy groups -OCH3 is 1. The third-order valence-electron chi connectivity index (χ3n) is 3.10. The predicted octanol–water partition coefficient (Wildman–Crippen LogP) is 2.87. The molecule has 2 N–H and O–H groups in total. The van der Waals surface area contributed by atoms with Gasteiger partial charge in [-0.05, 0) is 43.7 Å². The number of thiophene rings is 1. The normalized spacial score (nSPS) is 11.2. The van der Waals surface area contributed by atoms with Gasteiger partial charge >= 0.3 is 5.97 Å². The summed E-state index contributed by atoms with van der Waals surface area (Å²) in [4.78, 5) is 11.9. The topological polar surface area (TPSA) is 92.7 Å². The van der Waals surface area contributed by atoms with Crippen molar-refractivity contribution >= 4 is 33.0 Å². The summed E-state index contributed by atoms with van der Waals surface area (Å²) >= 11 is 1.16. The van der Waals surface area contributed by atoms with Crippen molar-refractivity contribution in [2.45, 2.75) is 18.1 Å². The molecule has 0 saturated heterocycles. The number of anilines is 1. The van der Waals surface area contributed by atoms with E-state index >= 15 is 0 Å². The molecule has 0 radical (unpaired) electrons. The van der Waals surface area contributed by atoms with Gasteiger partial charge in [-0.2, -0.15) is 0 Å². The zero-order valence-corrected chi connectivity index (χ0v) is 13.8. The van der Waals surface area contributed by atoms with Crippen molar-refractivity contribution in [3.05, 3.63) is 40.3 Å². The molecule has 2 aromatic rings. The molecule has 0 spiro atoms. The Balaban J connectivity index is 2.44. The number of rotatable bonds is 5. The van der Waals surface area contributed by atoms with Crippen LogP contribution in [-0.2, 0) is 10.0 Å². The van der Waals surface area contributed by atoms with Gasteiger partial charge in [0.1, 0.15) is 9.96 Å². The van der Waals surface area contributed by atoms with E-state index in [9.17, 15) is 13.2 Å². The van der Waals surface area contributed by atoms with Crippen molar-refractivity contribution in [3.63, 3.8) is 0 Å². The van der Waals surface area contributed by atoms with Crippen molar-refractivity contribution < 1.29 is 23.1 Å². The summed E-state index contributed by atoms with van der Waals surface area (Å²) in [5.41, 5.74) is 0.944. The molecule has 0 unspecified atom stereocenters. The molecule has 0 aliphatic heterocycles. The van der Waals surface area contributed by atoms with E-state index in [1.54, 1.807) is 6.07 Å². The third-order valence-corrected chi connectivity index (χ3v) is 6.09. The van der Waals surface area contributed by atoms with Gasteiger partial charge in [0.25, 0.3) is 10.0 Å². The molecule has 0 bridgehead atoms. The maximum absolute atomic E-state index is 12.4. The minimum Gasteiger partial charge on any atom is -0.495 e. The van der Waals surface area contributed by atoms with E-state index in [4.69, 9.17) is 9.84 Å². The highest BCUT2D eigenvalue weighted by Gasteiger charge is 2.20. The van der Waals surface area contributed by atoms with E-state index in [0.29, 0.717) is 0 Å². The van der Waals surface area contributed by atoms with E-state index < -0.39 is 16.0 Å². The molecule has 0 aliphatic rings. The number of hydrogen-bond acceptors (Lipinski definition) is 5. The van der Waals surface area contributed by atoms with Crippen LogP contribution in [0.4, 0.5) is 5.69 Å². The largest absolute Gasteiger partial charge is 0.495 e. The van der Waals surface area contributed by atoms with Gasteiger partial charge in [0.2, 0.25) is 0 Å². The van der Waals surface area contributed by atoms with Crippen LogP contribution in [0.5, 0.6) is 5.75 Å². The summed E-state index contributed by atoms with van der Waals surface area (Å²) in [5.74, 6) is -0.899. The van der Waals surface area contributed by atoms with E-state index in [2.05, 4.69) is 4.72 Å². The molecule has 1 aromatic heterocycles. The third kappa shape index (κ3) is 3.23. The summed E-state index contributed by atoms with van der Waals surface area (Å²) in [7, 11) is -2.41. The quantitative estimate of drug-likeness (QED) is 0.872. The number of aryl methyl sites for hydroxylation is 2. The monoisotopic (exact) mass is 341 g/mol. The second-order valence-corrected chi connectivity index (χ2v) is 7.80. The summed E-state index contributed by atoms with van der Waals surface area (Å²) < 4.78 is 32.5. The van der Waals surface area contributed by atoms with E-state index in [1.165, 1.54) is 25.3 Å². The van der Waals surface area contributed by atoms with Crippen molar-refractivity contribution in [1.29, 1.82) is 0 Å². The van der Waals surface area contributed by atoms with Gasteiger partial charge in [0.15, 0.2) is 0 Å². The van der Waals surface area contributed by atoms with Crippen molar-refractivity contribution in [1.82, 2.24) is 0 Å². The Morgan fingerprint density at radius 3 is 2.45 bits per heavy atom. The van der Waals surface area contributed by atoms with Crippen LogP contribution in [0.1, 0.15) is 20.8 Å². The maximum Gasteiger partial charge on any atom is 0.335 e. The zero-order valence-electron chi connectivity index (χ0n) is 12.2. The fraction of sp³-hybridized carbons (Fsp3) is 0.214. The first-order chi connectivity index (χ1) is 10.2. The summed E-state index contributed by atoms with van der Waals surface area (Å²) in [6, 6.07) is 5.56. The summed E-state index contributed by atoms with van der Waals surface area (Å²) in [6.45, 7) is 3.67. The standard InChI is InChI=1S/C14H15NO5S2/c1-8-6-13(21-9(8)2)22(18,19)15-11-7-10(14(16)17)4-5-12(11)20-3/h4-7,15H,1-3H3,(H,16,17). The van der Waals surface area contributed by atoms with Gasteiger partial charge in [-0.15, -0.1) is 11.3 Å². The van der Waals surface area contributed by atoms with Gasteiger partial charge in [0, 0.05) is 4.88 Å². The lowest BCUT2D eigenvalue weighted by Gasteiger charge is -2.11. The number of carbonyl (C=O) groups is 1. The Labute approximate surface area is 132 Å². The molecule has 1 heterocycles. The Hall–Kier alpha value is -2.06. The van der Waals surface area contributed by atoms with Crippen LogP contribution in [-0.4, -0.2) is 26.6 Å². The number of sulfonamides is 1. The van der Waals surface area contributed by atoms with Crippen molar-refractivity contribution in [3.8, 4) is 5.75 Å². The number of carboxylic acids is 1. The predicted molar refractivity (Wildman–Crippen MR) is 84.6 cm³/mol. The van der Waals surface area contributed by atoms with Gasteiger partial charge in [-0.1, -0.05) is 0 Å². The Morgan fingerprint density at radius 2 is 1.95 bits per heavy atom. The Morgan fingerprint density at radius 1 is 1.27 bits per heavy atom. The second kappa shape index (κ2) is 5.98. The number of ether oxygens (including phenoxy) is 1. The van der Waals surface area contributed by atoms with Crippen LogP contribution in [0.25, 0.3) is 0 Å². The van der Waals surface area contributed by atoms with Crippen LogP contribution in [0.2, 0.25) is 0 Å². The average molecular weight is 341 g/mol. The highest BCUT2D eigenvalue weighted by molar-refractivity contribution is 7.94. The van der Waals surface area contributed by atoms with E-state index in [1.807, 2.05) is 13.8 Å². The molecule has 0 atom stereocenters. The van der Waals surface area contributed by atoms with Crippen LogP contribution in [0, 0.1) is 13.8 Å². The lowest BCUT2D eigenvalue weighted by molar-refractivity contribution is 0.0697. The van der Waals surface area contributed by atoms with Crippen molar-refractivity contribution in [2.75, 3.05) is 11.8 Å². The van der Waals surface area contributed by atoms with Crippen LogP contribution < -0.4 is 9.46 Å². The van der Waals surface area contributed by atoms with Gasteiger partial charge in [0.05, 0.1) is 18.4 Å². The highest BCUT2D eigenvalue weighted by atomic mass is 32.2. The molecule has 22 heavy (non-hydrogen) atoms. The van der Waals surface area contributed by atoms with Crippen LogP contribution >= 0.6 is 11.3 Å². The smallest absolute Gasteiger partial charge is 0.335 e. The fourth-order valence-electron chi connectivity index (χ4n) is 1.79. The van der Waals surface area contributed by atoms with Crippen LogP contribution in [0.3, 0.4) is 0 Å². The van der Waals surface area contributed by atoms with E-state index in [0.717, 1.165) is 21.8 Å². The molecule has 2 rings (SSSR count). The first-order valence-corrected chi connectivity index (χ1v) is 8.55. The highest BCUT2D eigenvalue weighted by Crippen LogP contribution is 2.31. The molecule has 6 nitrogen and oxygen atoms in total. The zero-order chi connectivity index (χ0) is 16.5. The molecule has 8 heteroatoms.